The second kappa shape index (κ2) is 6.44. The Morgan fingerprint density at radius 3 is 2.19 bits per heavy atom. The van der Waals surface area contributed by atoms with Crippen molar-refractivity contribution in [2.75, 3.05) is 20.1 Å². The van der Waals surface area contributed by atoms with E-state index in [2.05, 4.69) is 5.32 Å². The van der Waals surface area contributed by atoms with Crippen LogP contribution in [0.4, 0.5) is 0 Å². The minimum atomic E-state index is -3.44. The van der Waals surface area contributed by atoms with Crippen molar-refractivity contribution in [3.8, 4) is 0 Å². The van der Waals surface area contributed by atoms with Crippen LogP contribution in [-0.4, -0.2) is 45.1 Å². The summed E-state index contributed by atoms with van der Waals surface area (Å²) in [5, 5.41) is 3.14. The molecule has 0 spiro atoms. The van der Waals surface area contributed by atoms with Crippen molar-refractivity contribution >= 4 is 10.0 Å². The maximum Gasteiger partial charge on any atom is 0.243 e. The largest absolute Gasteiger partial charge is 0.373 e. The van der Waals surface area contributed by atoms with Crippen molar-refractivity contribution < 1.29 is 13.2 Å². The Bertz CT molecular complexity index is 561. The molecule has 1 heterocycles. The third-order valence-electron chi connectivity index (χ3n) is 3.84. The first kappa shape index (κ1) is 16.4. The summed E-state index contributed by atoms with van der Waals surface area (Å²) in [4.78, 5) is 0.343. The molecule has 0 aromatic heterocycles. The third-order valence-corrected chi connectivity index (χ3v) is 5.68. The van der Waals surface area contributed by atoms with E-state index in [0.29, 0.717) is 18.0 Å². The minimum Gasteiger partial charge on any atom is -0.373 e. The van der Waals surface area contributed by atoms with Gasteiger partial charge in [-0.3, -0.25) is 0 Å². The number of hydrogen-bond donors (Lipinski definition) is 1. The van der Waals surface area contributed by atoms with E-state index >= 15 is 0 Å². The zero-order valence-electron chi connectivity index (χ0n) is 13.0. The summed E-state index contributed by atoms with van der Waals surface area (Å²) in [6.45, 7) is 6.64. The summed E-state index contributed by atoms with van der Waals surface area (Å²) in [6.07, 6.45) is -0.153. The molecule has 0 aliphatic carbocycles. The number of nitrogens with zero attached hydrogens (tertiary/aromatic N) is 1. The predicted octanol–water partition coefficient (Wildman–Crippen LogP) is 1.76. The summed E-state index contributed by atoms with van der Waals surface area (Å²) in [5.74, 6) is 0. The Hall–Kier alpha value is -0.950. The molecule has 118 valence electrons. The Morgan fingerprint density at radius 2 is 1.71 bits per heavy atom. The predicted molar refractivity (Wildman–Crippen MR) is 82.7 cm³/mol. The molecule has 21 heavy (non-hydrogen) atoms. The average Bonchev–Trinajstić information content (AvgIpc) is 2.45. The molecule has 0 radical (unpaired) electrons. The summed E-state index contributed by atoms with van der Waals surface area (Å²) in [6, 6.07) is 7.29. The Balaban J connectivity index is 2.23. The molecule has 1 aromatic rings. The van der Waals surface area contributed by atoms with Crippen LogP contribution < -0.4 is 5.32 Å². The van der Waals surface area contributed by atoms with Gasteiger partial charge >= 0.3 is 0 Å². The maximum atomic E-state index is 12.7. The molecule has 5 nitrogen and oxygen atoms in total. The molecular formula is C15H24N2O3S. The van der Waals surface area contributed by atoms with E-state index in [1.807, 2.05) is 40.0 Å². The Morgan fingerprint density at radius 1 is 1.19 bits per heavy atom. The fourth-order valence-electron chi connectivity index (χ4n) is 2.57. The number of rotatable bonds is 4. The molecule has 1 N–H and O–H groups in total. The van der Waals surface area contributed by atoms with Crippen LogP contribution in [0.15, 0.2) is 29.2 Å². The van der Waals surface area contributed by atoms with E-state index in [4.69, 9.17) is 4.74 Å². The van der Waals surface area contributed by atoms with Crippen molar-refractivity contribution in [3.05, 3.63) is 29.8 Å². The Kier molecular flexibility index (Phi) is 5.03. The normalized spacial score (nSPS) is 25.7. The van der Waals surface area contributed by atoms with Crippen molar-refractivity contribution in [1.29, 1.82) is 0 Å². The summed E-state index contributed by atoms with van der Waals surface area (Å²) in [5.41, 5.74) is 1.07. The zero-order valence-corrected chi connectivity index (χ0v) is 13.9. The van der Waals surface area contributed by atoms with Gasteiger partial charge in [0.15, 0.2) is 0 Å². The first-order valence-corrected chi connectivity index (χ1v) is 8.71. The standard InChI is InChI=1S/C15H24N2O3S/c1-11-9-17(10-12(2)20-11)21(18,19)15-7-5-14(6-8-15)13(3)16-4/h5-8,11-13,16H,9-10H2,1-4H3. The fourth-order valence-corrected chi connectivity index (χ4v) is 4.16. The van der Waals surface area contributed by atoms with Gasteiger partial charge < -0.3 is 10.1 Å². The molecule has 0 bridgehead atoms. The minimum absolute atomic E-state index is 0.0767. The van der Waals surface area contributed by atoms with Crippen LogP contribution in [0.1, 0.15) is 32.4 Å². The molecule has 0 amide bonds. The van der Waals surface area contributed by atoms with Crippen molar-refractivity contribution in [3.63, 3.8) is 0 Å². The molecule has 3 atom stereocenters. The van der Waals surface area contributed by atoms with Crippen LogP contribution in [0, 0.1) is 0 Å². The lowest BCUT2D eigenvalue weighted by Crippen LogP contribution is -2.48. The molecule has 1 aliphatic heterocycles. The van der Waals surface area contributed by atoms with E-state index in [1.165, 1.54) is 4.31 Å². The quantitative estimate of drug-likeness (QED) is 0.920. The topological polar surface area (TPSA) is 58.6 Å². The lowest BCUT2D eigenvalue weighted by Gasteiger charge is -2.34. The van der Waals surface area contributed by atoms with Gasteiger partial charge in [0, 0.05) is 19.1 Å². The van der Waals surface area contributed by atoms with E-state index in [-0.39, 0.29) is 18.2 Å². The van der Waals surface area contributed by atoms with Gasteiger partial charge in [-0.1, -0.05) is 12.1 Å². The van der Waals surface area contributed by atoms with Gasteiger partial charge in [0.1, 0.15) is 0 Å². The first-order chi connectivity index (χ1) is 9.84. The highest BCUT2D eigenvalue weighted by molar-refractivity contribution is 7.89. The van der Waals surface area contributed by atoms with Crippen LogP contribution in [0.2, 0.25) is 0 Å². The summed E-state index contributed by atoms with van der Waals surface area (Å²) < 4.78 is 32.5. The highest BCUT2D eigenvalue weighted by Gasteiger charge is 2.32. The van der Waals surface area contributed by atoms with Crippen LogP contribution in [-0.2, 0) is 14.8 Å². The molecule has 0 saturated carbocycles. The van der Waals surface area contributed by atoms with Crippen LogP contribution in [0.25, 0.3) is 0 Å². The molecule has 1 saturated heterocycles. The van der Waals surface area contributed by atoms with Crippen LogP contribution in [0.3, 0.4) is 0 Å². The zero-order chi connectivity index (χ0) is 15.6. The van der Waals surface area contributed by atoms with Gasteiger partial charge in [0.05, 0.1) is 17.1 Å². The van der Waals surface area contributed by atoms with Crippen molar-refractivity contribution in [1.82, 2.24) is 9.62 Å². The van der Waals surface area contributed by atoms with E-state index < -0.39 is 10.0 Å². The molecule has 2 rings (SSSR count). The molecule has 1 aliphatic rings. The van der Waals surface area contributed by atoms with E-state index in [1.54, 1.807) is 12.1 Å². The molecule has 3 unspecified atom stereocenters. The molecule has 6 heteroatoms. The summed E-state index contributed by atoms with van der Waals surface area (Å²) in [7, 11) is -1.56. The lowest BCUT2D eigenvalue weighted by atomic mass is 10.1. The maximum absolute atomic E-state index is 12.7. The highest BCUT2D eigenvalue weighted by Crippen LogP contribution is 2.22. The van der Waals surface area contributed by atoms with Crippen LogP contribution >= 0.6 is 0 Å². The number of sulfonamides is 1. The van der Waals surface area contributed by atoms with Gasteiger partial charge in [0.2, 0.25) is 10.0 Å². The number of benzene rings is 1. The molecule has 1 fully saturated rings. The van der Waals surface area contributed by atoms with Crippen molar-refractivity contribution in [2.24, 2.45) is 0 Å². The number of ether oxygens (including phenoxy) is 1. The second-order valence-electron chi connectivity index (χ2n) is 5.66. The monoisotopic (exact) mass is 312 g/mol. The summed E-state index contributed by atoms with van der Waals surface area (Å²) >= 11 is 0. The van der Waals surface area contributed by atoms with Gasteiger partial charge in [-0.25, -0.2) is 8.42 Å². The van der Waals surface area contributed by atoms with E-state index in [0.717, 1.165) is 5.56 Å². The second-order valence-corrected chi connectivity index (χ2v) is 7.60. The van der Waals surface area contributed by atoms with Gasteiger partial charge in [-0.05, 0) is 45.5 Å². The smallest absolute Gasteiger partial charge is 0.243 e. The van der Waals surface area contributed by atoms with E-state index in [9.17, 15) is 8.42 Å². The number of nitrogens with one attached hydrogen (secondary N) is 1. The first-order valence-electron chi connectivity index (χ1n) is 7.27. The van der Waals surface area contributed by atoms with Gasteiger partial charge in [0.25, 0.3) is 0 Å². The third kappa shape index (κ3) is 3.63. The highest BCUT2D eigenvalue weighted by atomic mass is 32.2. The average molecular weight is 312 g/mol. The lowest BCUT2D eigenvalue weighted by molar-refractivity contribution is -0.0440. The molecular weight excluding hydrogens is 288 g/mol. The van der Waals surface area contributed by atoms with Gasteiger partial charge in [-0.2, -0.15) is 4.31 Å². The van der Waals surface area contributed by atoms with Crippen LogP contribution in [0.5, 0.6) is 0 Å². The molecule has 1 aromatic carbocycles. The SMILES string of the molecule is CNC(C)c1ccc(S(=O)(=O)N2CC(C)OC(C)C2)cc1. The fraction of sp³-hybridized carbons (Fsp3) is 0.600. The van der Waals surface area contributed by atoms with Gasteiger partial charge in [-0.15, -0.1) is 0 Å². The number of hydrogen-bond acceptors (Lipinski definition) is 4. The van der Waals surface area contributed by atoms with Crippen molar-refractivity contribution in [2.45, 2.75) is 43.9 Å². The Labute approximate surface area is 127 Å². The number of morpholine rings is 1.